The Labute approximate surface area is 99.6 Å². The molecule has 0 atom stereocenters. The lowest BCUT2D eigenvalue weighted by atomic mass is 10.0. The molecule has 0 saturated heterocycles. The van der Waals surface area contributed by atoms with Crippen LogP contribution in [0.25, 0.3) is 11.1 Å². The quantitative estimate of drug-likeness (QED) is 0.806. The molecule has 0 radical (unpaired) electrons. The summed E-state index contributed by atoms with van der Waals surface area (Å²) in [6, 6.07) is 11.9. The fourth-order valence-corrected chi connectivity index (χ4v) is 1.70. The van der Waals surface area contributed by atoms with Crippen LogP contribution in [0, 0.1) is 5.82 Å². The zero-order chi connectivity index (χ0) is 12.3. The van der Waals surface area contributed by atoms with Crippen LogP contribution in [0.1, 0.15) is 0 Å². The van der Waals surface area contributed by atoms with Gasteiger partial charge in [0.05, 0.1) is 14.2 Å². The molecule has 0 unspecified atom stereocenters. The lowest BCUT2D eigenvalue weighted by Gasteiger charge is -2.11. The molecule has 0 heterocycles. The first kappa shape index (κ1) is 11.5. The summed E-state index contributed by atoms with van der Waals surface area (Å²) in [5.74, 6) is 1.01. The summed E-state index contributed by atoms with van der Waals surface area (Å²) in [5.41, 5.74) is 1.19. The van der Waals surface area contributed by atoms with Gasteiger partial charge in [-0.05, 0) is 24.3 Å². The standard InChI is InChI=1S/C14H13FO2/c1-16-10-7-8-14(17-2)12(9-10)11-5-3-4-6-13(11)15/h3-9H,1-2H3. The first-order chi connectivity index (χ1) is 8.26. The number of hydrogen-bond acceptors (Lipinski definition) is 2. The van der Waals surface area contributed by atoms with E-state index in [4.69, 9.17) is 9.47 Å². The van der Waals surface area contributed by atoms with E-state index in [2.05, 4.69) is 0 Å². The van der Waals surface area contributed by atoms with Crippen molar-refractivity contribution in [2.45, 2.75) is 0 Å². The first-order valence-corrected chi connectivity index (χ1v) is 5.23. The number of rotatable bonds is 3. The van der Waals surface area contributed by atoms with Crippen LogP contribution in [0.3, 0.4) is 0 Å². The molecule has 0 amide bonds. The zero-order valence-corrected chi connectivity index (χ0v) is 9.74. The molecular formula is C14H13FO2. The Kier molecular flexibility index (Phi) is 3.28. The minimum absolute atomic E-state index is 0.279. The molecule has 0 aliphatic carbocycles. The second-order valence-corrected chi connectivity index (χ2v) is 3.55. The highest BCUT2D eigenvalue weighted by Gasteiger charge is 2.11. The van der Waals surface area contributed by atoms with E-state index in [0.717, 1.165) is 0 Å². The molecular weight excluding hydrogens is 219 g/mol. The molecule has 88 valence electrons. The predicted molar refractivity (Wildman–Crippen MR) is 64.9 cm³/mol. The van der Waals surface area contributed by atoms with Gasteiger partial charge >= 0.3 is 0 Å². The fourth-order valence-electron chi connectivity index (χ4n) is 1.70. The van der Waals surface area contributed by atoms with Gasteiger partial charge in [0, 0.05) is 11.1 Å². The molecule has 0 saturated carbocycles. The molecule has 0 aliphatic rings. The van der Waals surface area contributed by atoms with Crippen molar-refractivity contribution in [1.29, 1.82) is 0 Å². The molecule has 0 bridgehead atoms. The summed E-state index contributed by atoms with van der Waals surface area (Å²) in [4.78, 5) is 0. The minimum atomic E-state index is -0.279. The van der Waals surface area contributed by atoms with Crippen molar-refractivity contribution in [3.8, 4) is 22.6 Å². The van der Waals surface area contributed by atoms with Gasteiger partial charge in [-0.2, -0.15) is 0 Å². The van der Waals surface area contributed by atoms with Crippen LogP contribution in [0.5, 0.6) is 11.5 Å². The molecule has 0 aliphatic heterocycles. The summed E-state index contributed by atoms with van der Waals surface area (Å²) < 4.78 is 24.1. The normalized spacial score (nSPS) is 10.1. The Bertz CT molecular complexity index is 523. The Hall–Kier alpha value is -2.03. The number of hydrogen-bond donors (Lipinski definition) is 0. The monoisotopic (exact) mass is 232 g/mol. The van der Waals surface area contributed by atoms with Crippen LogP contribution in [-0.2, 0) is 0 Å². The van der Waals surface area contributed by atoms with Crippen molar-refractivity contribution < 1.29 is 13.9 Å². The van der Waals surface area contributed by atoms with Crippen LogP contribution >= 0.6 is 0 Å². The third-order valence-corrected chi connectivity index (χ3v) is 2.57. The zero-order valence-electron chi connectivity index (χ0n) is 9.74. The minimum Gasteiger partial charge on any atom is -0.497 e. The second-order valence-electron chi connectivity index (χ2n) is 3.55. The van der Waals surface area contributed by atoms with E-state index in [-0.39, 0.29) is 5.82 Å². The Balaban J connectivity index is 2.60. The van der Waals surface area contributed by atoms with E-state index in [9.17, 15) is 4.39 Å². The van der Waals surface area contributed by atoms with Crippen LogP contribution in [0.15, 0.2) is 42.5 Å². The second kappa shape index (κ2) is 4.87. The average Bonchev–Trinajstić information content (AvgIpc) is 2.38. The van der Waals surface area contributed by atoms with Crippen molar-refractivity contribution in [1.82, 2.24) is 0 Å². The fraction of sp³-hybridized carbons (Fsp3) is 0.143. The lowest BCUT2D eigenvalue weighted by Crippen LogP contribution is -1.92. The highest BCUT2D eigenvalue weighted by molar-refractivity contribution is 5.72. The van der Waals surface area contributed by atoms with Gasteiger partial charge in [0.15, 0.2) is 0 Å². The number of halogens is 1. The third-order valence-electron chi connectivity index (χ3n) is 2.57. The van der Waals surface area contributed by atoms with E-state index in [1.54, 1.807) is 50.6 Å². The summed E-state index contributed by atoms with van der Waals surface area (Å²) in [7, 11) is 3.14. The van der Waals surface area contributed by atoms with Crippen molar-refractivity contribution in [2.75, 3.05) is 14.2 Å². The summed E-state index contributed by atoms with van der Waals surface area (Å²) in [6.07, 6.45) is 0. The van der Waals surface area contributed by atoms with Crippen LogP contribution < -0.4 is 9.47 Å². The maximum absolute atomic E-state index is 13.7. The number of methoxy groups -OCH3 is 2. The van der Waals surface area contributed by atoms with Gasteiger partial charge in [0.25, 0.3) is 0 Å². The van der Waals surface area contributed by atoms with E-state index in [1.807, 2.05) is 0 Å². The van der Waals surface area contributed by atoms with E-state index in [0.29, 0.717) is 22.6 Å². The molecule has 2 rings (SSSR count). The first-order valence-electron chi connectivity index (χ1n) is 5.23. The van der Waals surface area contributed by atoms with Crippen LogP contribution in [0.4, 0.5) is 4.39 Å². The SMILES string of the molecule is COc1ccc(OC)c(-c2ccccc2F)c1. The van der Waals surface area contributed by atoms with Gasteiger partial charge in [0.2, 0.25) is 0 Å². The summed E-state index contributed by atoms with van der Waals surface area (Å²) in [5, 5.41) is 0. The van der Waals surface area contributed by atoms with Gasteiger partial charge in [-0.25, -0.2) is 4.39 Å². The average molecular weight is 232 g/mol. The molecule has 2 aromatic carbocycles. The predicted octanol–water partition coefficient (Wildman–Crippen LogP) is 3.51. The lowest BCUT2D eigenvalue weighted by molar-refractivity contribution is 0.404. The molecule has 2 aromatic rings. The number of benzene rings is 2. The highest BCUT2D eigenvalue weighted by atomic mass is 19.1. The largest absolute Gasteiger partial charge is 0.497 e. The van der Waals surface area contributed by atoms with Gasteiger partial charge in [-0.15, -0.1) is 0 Å². The number of ether oxygens (including phenoxy) is 2. The topological polar surface area (TPSA) is 18.5 Å². The Morgan fingerprint density at radius 1 is 0.882 bits per heavy atom. The van der Waals surface area contributed by atoms with E-state index < -0.39 is 0 Å². The molecule has 2 nitrogen and oxygen atoms in total. The van der Waals surface area contributed by atoms with Crippen molar-refractivity contribution in [2.24, 2.45) is 0 Å². The van der Waals surface area contributed by atoms with Gasteiger partial charge in [-0.1, -0.05) is 18.2 Å². The molecule has 0 fully saturated rings. The smallest absolute Gasteiger partial charge is 0.131 e. The molecule has 0 spiro atoms. The Morgan fingerprint density at radius 2 is 1.65 bits per heavy atom. The van der Waals surface area contributed by atoms with Gasteiger partial charge in [-0.3, -0.25) is 0 Å². The summed E-state index contributed by atoms with van der Waals surface area (Å²) >= 11 is 0. The van der Waals surface area contributed by atoms with E-state index >= 15 is 0 Å². The molecule has 0 aromatic heterocycles. The van der Waals surface area contributed by atoms with Crippen molar-refractivity contribution in [3.63, 3.8) is 0 Å². The van der Waals surface area contributed by atoms with Crippen molar-refractivity contribution in [3.05, 3.63) is 48.3 Å². The molecule has 3 heteroatoms. The highest BCUT2D eigenvalue weighted by Crippen LogP contribution is 2.34. The Morgan fingerprint density at radius 3 is 2.29 bits per heavy atom. The van der Waals surface area contributed by atoms with Gasteiger partial charge in [0.1, 0.15) is 17.3 Å². The third kappa shape index (κ3) is 2.23. The summed E-state index contributed by atoms with van der Waals surface area (Å²) in [6.45, 7) is 0. The van der Waals surface area contributed by atoms with Crippen LogP contribution in [0.2, 0.25) is 0 Å². The molecule has 0 N–H and O–H groups in total. The van der Waals surface area contributed by atoms with Crippen LogP contribution in [-0.4, -0.2) is 14.2 Å². The van der Waals surface area contributed by atoms with Crippen molar-refractivity contribution >= 4 is 0 Å². The van der Waals surface area contributed by atoms with E-state index in [1.165, 1.54) is 6.07 Å². The maximum Gasteiger partial charge on any atom is 0.131 e. The molecule has 17 heavy (non-hydrogen) atoms. The maximum atomic E-state index is 13.7. The van der Waals surface area contributed by atoms with Gasteiger partial charge < -0.3 is 9.47 Å².